The summed E-state index contributed by atoms with van der Waals surface area (Å²) in [6.07, 6.45) is 7.82. The molecule has 2 aromatic heterocycles. The van der Waals surface area contributed by atoms with Crippen molar-refractivity contribution >= 4 is 28.7 Å². The first-order valence-electron chi connectivity index (χ1n) is 9.34. The number of fused-ring (bicyclic) bond motifs is 1. The Morgan fingerprint density at radius 2 is 2.28 bits per heavy atom. The molecule has 1 amide bonds. The number of aromatic amines is 1. The van der Waals surface area contributed by atoms with E-state index in [0.717, 1.165) is 55.7 Å². The first-order chi connectivity index (χ1) is 12.2. The predicted molar refractivity (Wildman–Crippen MR) is 98.8 cm³/mol. The fraction of sp³-hybridized carbons (Fsp3) is 0.611. The number of unbranched alkanes of at least 4 members (excludes halogenated alkanes) is 1. The van der Waals surface area contributed by atoms with Crippen molar-refractivity contribution in [2.45, 2.75) is 51.0 Å². The van der Waals surface area contributed by atoms with Gasteiger partial charge < -0.3 is 15.2 Å². The van der Waals surface area contributed by atoms with E-state index >= 15 is 0 Å². The van der Waals surface area contributed by atoms with Gasteiger partial charge in [-0.1, -0.05) is 13.3 Å². The van der Waals surface area contributed by atoms with Crippen molar-refractivity contribution in [3.05, 3.63) is 12.3 Å². The van der Waals surface area contributed by atoms with Gasteiger partial charge in [-0.25, -0.2) is 0 Å². The number of hydrogen-bond donors (Lipinski definition) is 3. The van der Waals surface area contributed by atoms with Crippen LogP contribution in [0.1, 0.15) is 45.4 Å². The highest BCUT2D eigenvalue weighted by atomic mass is 16.1. The van der Waals surface area contributed by atoms with Crippen molar-refractivity contribution in [1.29, 1.82) is 0 Å². The van der Waals surface area contributed by atoms with Crippen LogP contribution in [0.15, 0.2) is 12.3 Å². The van der Waals surface area contributed by atoms with Crippen molar-refractivity contribution in [3.8, 4) is 0 Å². The summed E-state index contributed by atoms with van der Waals surface area (Å²) < 4.78 is 0. The fourth-order valence-electron chi connectivity index (χ4n) is 3.54. The van der Waals surface area contributed by atoms with Crippen LogP contribution in [-0.4, -0.2) is 46.0 Å². The molecule has 1 spiro atoms. The lowest BCUT2D eigenvalue weighted by Crippen LogP contribution is -2.40. The topological polar surface area (TPSA) is 85.9 Å². The number of H-pyrrole nitrogens is 1. The summed E-state index contributed by atoms with van der Waals surface area (Å²) in [5, 5.41) is 7.57. The molecule has 1 saturated heterocycles. The number of aromatic nitrogens is 3. The van der Waals surface area contributed by atoms with E-state index in [0.29, 0.717) is 12.4 Å². The van der Waals surface area contributed by atoms with E-state index in [2.05, 4.69) is 32.4 Å². The average Bonchev–Trinajstić information content (AvgIpc) is 3.27. The maximum Gasteiger partial charge on any atom is 0.233 e. The Labute approximate surface area is 147 Å². The molecule has 0 unspecified atom stereocenters. The van der Waals surface area contributed by atoms with Gasteiger partial charge in [-0.3, -0.25) is 10.1 Å². The van der Waals surface area contributed by atoms with Crippen molar-refractivity contribution in [1.82, 2.24) is 20.3 Å². The van der Waals surface area contributed by atoms with Gasteiger partial charge in [0.15, 0.2) is 0 Å². The Bertz CT molecular complexity index is 766. The van der Waals surface area contributed by atoms with Crippen molar-refractivity contribution in [2.75, 3.05) is 29.9 Å². The minimum atomic E-state index is -0.0186. The molecule has 2 aromatic rings. The highest BCUT2D eigenvalue weighted by molar-refractivity contribution is 5.93. The van der Waals surface area contributed by atoms with Crippen LogP contribution < -0.4 is 15.5 Å². The Balaban J connectivity index is 1.62. The largest absolute Gasteiger partial charge is 0.354 e. The van der Waals surface area contributed by atoms with Crippen LogP contribution in [0.2, 0.25) is 0 Å². The normalized spacial score (nSPS) is 19.2. The van der Waals surface area contributed by atoms with Crippen molar-refractivity contribution < 1.29 is 4.79 Å². The molecule has 0 bridgehead atoms. The summed E-state index contributed by atoms with van der Waals surface area (Å²) >= 11 is 0. The summed E-state index contributed by atoms with van der Waals surface area (Å²) in [5.41, 5.74) is 1.03. The molecule has 4 rings (SSSR count). The maximum atomic E-state index is 12.1. The quantitative estimate of drug-likeness (QED) is 0.777. The second-order valence-electron chi connectivity index (χ2n) is 7.24. The first-order valence-corrected chi connectivity index (χ1v) is 9.34. The zero-order valence-corrected chi connectivity index (χ0v) is 14.8. The van der Waals surface area contributed by atoms with Crippen molar-refractivity contribution in [3.63, 3.8) is 0 Å². The van der Waals surface area contributed by atoms with E-state index in [1.807, 2.05) is 12.3 Å². The number of nitrogens with one attached hydrogen (secondary N) is 3. The highest BCUT2D eigenvalue weighted by Gasteiger charge is 2.44. The van der Waals surface area contributed by atoms with E-state index in [9.17, 15) is 4.79 Å². The van der Waals surface area contributed by atoms with Gasteiger partial charge in [0.1, 0.15) is 11.5 Å². The van der Waals surface area contributed by atoms with Crippen LogP contribution in [0, 0.1) is 0 Å². The first kappa shape index (κ1) is 16.3. The number of hydrogen-bond acceptors (Lipinski definition) is 5. The van der Waals surface area contributed by atoms with Gasteiger partial charge >= 0.3 is 0 Å². The van der Waals surface area contributed by atoms with Gasteiger partial charge in [0.25, 0.3) is 0 Å². The number of anilines is 2. The predicted octanol–water partition coefficient (Wildman–Crippen LogP) is 2.42. The zero-order valence-electron chi connectivity index (χ0n) is 14.8. The van der Waals surface area contributed by atoms with Crippen LogP contribution in [0.5, 0.6) is 0 Å². The summed E-state index contributed by atoms with van der Waals surface area (Å²) in [5.74, 6) is 1.30. The van der Waals surface area contributed by atoms with Crippen molar-refractivity contribution in [2.24, 2.45) is 0 Å². The molecule has 134 valence electrons. The standard InChI is InChI=1S/C18H26N6O/c1-2-3-5-14(25)21-17-22-15-13(6-10-19-15)16(23-17)24-11-4-9-20-18(12-24)7-8-18/h6,10,20H,2-5,7-9,11-12H2,1H3,(H2,19,21,22,23,25). The molecule has 3 N–H and O–H groups in total. The van der Waals surface area contributed by atoms with Crippen LogP contribution in [0.4, 0.5) is 11.8 Å². The third-order valence-corrected chi connectivity index (χ3v) is 5.16. The molecule has 7 nitrogen and oxygen atoms in total. The number of amides is 1. The molecule has 2 aliphatic rings. The van der Waals surface area contributed by atoms with E-state index in [-0.39, 0.29) is 11.4 Å². The third-order valence-electron chi connectivity index (χ3n) is 5.16. The molecular weight excluding hydrogens is 316 g/mol. The maximum absolute atomic E-state index is 12.1. The Morgan fingerprint density at radius 1 is 1.40 bits per heavy atom. The molecule has 1 aliphatic heterocycles. The lowest BCUT2D eigenvalue weighted by Gasteiger charge is -2.26. The molecule has 1 saturated carbocycles. The van der Waals surface area contributed by atoms with Gasteiger partial charge in [-0.05, 0) is 38.3 Å². The molecule has 1 aliphatic carbocycles. The monoisotopic (exact) mass is 342 g/mol. The lowest BCUT2D eigenvalue weighted by atomic mass is 10.2. The number of rotatable bonds is 5. The van der Waals surface area contributed by atoms with Crippen LogP contribution in [0.3, 0.4) is 0 Å². The van der Waals surface area contributed by atoms with Gasteiger partial charge in [-0.15, -0.1) is 0 Å². The smallest absolute Gasteiger partial charge is 0.233 e. The SMILES string of the molecule is CCCCC(=O)Nc1nc(N2CCCNC3(CC3)C2)c2cc[nH]c2n1. The Hall–Kier alpha value is -2.15. The molecule has 0 aromatic carbocycles. The van der Waals surface area contributed by atoms with Crippen LogP contribution in [0.25, 0.3) is 11.0 Å². The summed E-state index contributed by atoms with van der Waals surface area (Å²) in [6.45, 7) is 5.06. The van der Waals surface area contributed by atoms with E-state index in [4.69, 9.17) is 4.98 Å². The molecule has 25 heavy (non-hydrogen) atoms. The molecular formula is C18H26N6O. The number of nitrogens with zero attached hydrogens (tertiary/aromatic N) is 3. The minimum Gasteiger partial charge on any atom is -0.354 e. The average molecular weight is 342 g/mol. The molecule has 2 fully saturated rings. The minimum absolute atomic E-state index is 0.0186. The van der Waals surface area contributed by atoms with E-state index < -0.39 is 0 Å². The molecule has 3 heterocycles. The van der Waals surface area contributed by atoms with Gasteiger partial charge in [0.2, 0.25) is 11.9 Å². The summed E-state index contributed by atoms with van der Waals surface area (Å²) in [4.78, 5) is 26.8. The Morgan fingerprint density at radius 3 is 3.08 bits per heavy atom. The second kappa shape index (κ2) is 6.63. The van der Waals surface area contributed by atoms with Crippen LogP contribution >= 0.6 is 0 Å². The second-order valence-corrected chi connectivity index (χ2v) is 7.24. The van der Waals surface area contributed by atoms with Crippen LogP contribution in [-0.2, 0) is 4.79 Å². The van der Waals surface area contributed by atoms with Gasteiger partial charge in [-0.2, -0.15) is 9.97 Å². The number of carbonyl (C=O) groups excluding carboxylic acids is 1. The highest BCUT2D eigenvalue weighted by Crippen LogP contribution is 2.39. The van der Waals surface area contributed by atoms with Gasteiger partial charge in [0.05, 0.1) is 5.39 Å². The van der Waals surface area contributed by atoms with E-state index in [1.54, 1.807) is 0 Å². The van der Waals surface area contributed by atoms with E-state index in [1.165, 1.54) is 12.8 Å². The molecule has 0 radical (unpaired) electrons. The Kier molecular flexibility index (Phi) is 4.33. The third kappa shape index (κ3) is 3.46. The zero-order chi connectivity index (χ0) is 17.3. The number of carbonyl (C=O) groups is 1. The molecule has 7 heteroatoms. The summed E-state index contributed by atoms with van der Waals surface area (Å²) in [7, 11) is 0. The van der Waals surface area contributed by atoms with Gasteiger partial charge in [0, 0.05) is 31.2 Å². The summed E-state index contributed by atoms with van der Waals surface area (Å²) in [6, 6.07) is 2.02. The molecule has 0 atom stereocenters. The lowest BCUT2D eigenvalue weighted by molar-refractivity contribution is -0.116. The fourth-order valence-corrected chi connectivity index (χ4v) is 3.54.